The largest absolute Gasteiger partial charge is 0.327 e. The highest BCUT2D eigenvalue weighted by Crippen LogP contribution is 2.20. The summed E-state index contributed by atoms with van der Waals surface area (Å²) in [6.45, 7) is 4.04. The highest BCUT2D eigenvalue weighted by molar-refractivity contribution is 6.06. The number of rotatable bonds is 5. The van der Waals surface area contributed by atoms with E-state index in [9.17, 15) is 14.4 Å². The number of imide groups is 1. The van der Waals surface area contributed by atoms with Gasteiger partial charge in [0.05, 0.1) is 0 Å². The lowest BCUT2D eigenvalue weighted by atomic mass is 9.99. The van der Waals surface area contributed by atoms with Crippen molar-refractivity contribution in [2.45, 2.75) is 26.2 Å². The maximum absolute atomic E-state index is 12.0. The van der Waals surface area contributed by atoms with Crippen LogP contribution >= 0.6 is 0 Å². The topological polar surface area (TPSA) is 69.7 Å². The summed E-state index contributed by atoms with van der Waals surface area (Å²) in [5, 5.41) is 2.71. The van der Waals surface area contributed by atoms with Gasteiger partial charge in [0.2, 0.25) is 5.91 Å². The van der Waals surface area contributed by atoms with Crippen molar-refractivity contribution in [3.05, 3.63) is 29.8 Å². The summed E-state index contributed by atoms with van der Waals surface area (Å²) in [5.74, 6) is -0.261. The lowest BCUT2D eigenvalue weighted by Gasteiger charge is -2.14. The first-order valence-corrected chi connectivity index (χ1v) is 7.37. The molecule has 1 heterocycles. The van der Waals surface area contributed by atoms with E-state index in [1.165, 1.54) is 17.5 Å². The van der Waals surface area contributed by atoms with Crippen LogP contribution in [0.1, 0.15) is 31.7 Å². The summed E-state index contributed by atoms with van der Waals surface area (Å²) in [4.78, 5) is 37.5. The van der Waals surface area contributed by atoms with E-state index in [1.807, 2.05) is 24.3 Å². The predicted molar refractivity (Wildman–Crippen MR) is 83.5 cm³/mol. The number of benzene rings is 1. The number of likely N-dealkylation sites (N-methyl/N-ethyl adjacent to an activating group) is 1. The van der Waals surface area contributed by atoms with Crippen LogP contribution < -0.4 is 5.32 Å². The molecule has 0 aliphatic carbocycles. The zero-order valence-corrected chi connectivity index (χ0v) is 13.1. The molecule has 1 N–H and O–H groups in total. The third-order valence-corrected chi connectivity index (χ3v) is 3.91. The molecule has 1 aliphatic heterocycles. The molecule has 118 valence electrons. The summed E-state index contributed by atoms with van der Waals surface area (Å²) in [7, 11) is 1.53. The normalized spacial score (nSPS) is 16.1. The fourth-order valence-electron chi connectivity index (χ4n) is 2.30. The minimum atomic E-state index is -0.438. The highest BCUT2D eigenvalue weighted by Gasteiger charge is 2.34. The van der Waals surface area contributed by atoms with Crippen molar-refractivity contribution in [1.82, 2.24) is 9.80 Å². The molecule has 0 unspecified atom stereocenters. The van der Waals surface area contributed by atoms with Crippen molar-refractivity contribution >= 4 is 23.5 Å². The van der Waals surface area contributed by atoms with E-state index in [0.29, 0.717) is 11.6 Å². The van der Waals surface area contributed by atoms with E-state index < -0.39 is 6.03 Å². The van der Waals surface area contributed by atoms with Crippen molar-refractivity contribution in [1.29, 1.82) is 0 Å². The van der Waals surface area contributed by atoms with Gasteiger partial charge in [0, 0.05) is 12.7 Å². The van der Waals surface area contributed by atoms with Crippen LogP contribution in [0.5, 0.6) is 0 Å². The number of carbonyl (C=O) groups excluding carboxylic acids is 3. The van der Waals surface area contributed by atoms with E-state index in [1.54, 1.807) is 0 Å². The summed E-state index contributed by atoms with van der Waals surface area (Å²) in [6, 6.07) is 7.18. The van der Waals surface area contributed by atoms with Crippen molar-refractivity contribution in [3.63, 3.8) is 0 Å². The standard InChI is InChI=1S/C16H21N3O3/c1-4-11(2)12-5-7-13(8-6-12)17-14(20)9-19-15(21)10-18(3)16(19)22/h5-8,11H,4,9-10H2,1-3H3,(H,17,20)/t11-/m1/s1. The van der Waals surface area contributed by atoms with E-state index in [2.05, 4.69) is 19.2 Å². The van der Waals surface area contributed by atoms with Gasteiger partial charge in [0.25, 0.3) is 5.91 Å². The molecule has 1 atom stereocenters. The quantitative estimate of drug-likeness (QED) is 0.846. The van der Waals surface area contributed by atoms with Gasteiger partial charge < -0.3 is 10.2 Å². The predicted octanol–water partition coefficient (Wildman–Crippen LogP) is 2.03. The molecule has 6 heteroatoms. The molecule has 1 aromatic carbocycles. The van der Waals surface area contributed by atoms with Crippen LogP contribution in [-0.4, -0.2) is 47.8 Å². The fraction of sp³-hybridized carbons (Fsp3) is 0.438. The van der Waals surface area contributed by atoms with Gasteiger partial charge in [-0.05, 0) is 30.0 Å². The van der Waals surface area contributed by atoms with Crippen LogP contribution in [0.3, 0.4) is 0 Å². The summed E-state index contributed by atoms with van der Waals surface area (Å²) < 4.78 is 0. The first-order valence-electron chi connectivity index (χ1n) is 7.37. The van der Waals surface area contributed by atoms with Crippen LogP contribution in [0.25, 0.3) is 0 Å². The zero-order chi connectivity index (χ0) is 16.3. The molecular weight excluding hydrogens is 282 g/mol. The third kappa shape index (κ3) is 3.44. The maximum atomic E-state index is 12.0. The first kappa shape index (κ1) is 16.0. The Kier molecular flexibility index (Phi) is 4.80. The van der Waals surface area contributed by atoms with Gasteiger partial charge in [-0.15, -0.1) is 0 Å². The smallest absolute Gasteiger partial charge is 0.325 e. The summed E-state index contributed by atoms with van der Waals surface area (Å²) in [5.41, 5.74) is 1.87. The van der Waals surface area contributed by atoms with Crippen molar-refractivity contribution in [3.8, 4) is 0 Å². The Morgan fingerprint density at radius 2 is 1.91 bits per heavy atom. The Hall–Kier alpha value is -2.37. The number of hydrogen-bond donors (Lipinski definition) is 1. The van der Waals surface area contributed by atoms with E-state index >= 15 is 0 Å². The van der Waals surface area contributed by atoms with Crippen LogP contribution in [-0.2, 0) is 9.59 Å². The van der Waals surface area contributed by atoms with Gasteiger partial charge in [-0.3, -0.25) is 14.5 Å². The molecule has 0 aromatic heterocycles. The monoisotopic (exact) mass is 303 g/mol. The molecule has 0 spiro atoms. The molecule has 1 aliphatic rings. The number of anilines is 1. The second-order valence-corrected chi connectivity index (χ2v) is 5.60. The van der Waals surface area contributed by atoms with Gasteiger partial charge in [-0.2, -0.15) is 0 Å². The fourth-order valence-corrected chi connectivity index (χ4v) is 2.30. The van der Waals surface area contributed by atoms with E-state index in [4.69, 9.17) is 0 Å². The summed E-state index contributed by atoms with van der Waals surface area (Å²) >= 11 is 0. The molecule has 0 radical (unpaired) electrons. The van der Waals surface area contributed by atoms with Crippen LogP contribution in [0.15, 0.2) is 24.3 Å². The molecule has 1 saturated heterocycles. The molecule has 6 nitrogen and oxygen atoms in total. The van der Waals surface area contributed by atoms with Crippen molar-refractivity contribution in [2.75, 3.05) is 25.5 Å². The number of amides is 4. The molecular formula is C16H21N3O3. The van der Waals surface area contributed by atoms with Crippen LogP contribution in [0.4, 0.5) is 10.5 Å². The van der Waals surface area contributed by atoms with Gasteiger partial charge in [0.15, 0.2) is 0 Å². The van der Waals surface area contributed by atoms with Gasteiger partial charge >= 0.3 is 6.03 Å². The zero-order valence-electron chi connectivity index (χ0n) is 13.1. The Morgan fingerprint density at radius 1 is 1.27 bits per heavy atom. The third-order valence-electron chi connectivity index (χ3n) is 3.91. The SMILES string of the molecule is CC[C@@H](C)c1ccc(NC(=O)CN2C(=O)CN(C)C2=O)cc1. The Bertz CT molecular complexity index is 583. The lowest BCUT2D eigenvalue weighted by molar-refractivity contribution is -0.129. The minimum absolute atomic E-state index is 0.0235. The molecule has 1 fully saturated rings. The van der Waals surface area contributed by atoms with Crippen molar-refractivity contribution in [2.24, 2.45) is 0 Å². The van der Waals surface area contributed by atoms with Crippen molar-refractivity contribution < 1.29 is 14.4 Å². The number of nitrogens with zero attached hydrogens (tertiary/aromatic N) is 2. The molecule has 0 bridgehead atoms. The molecule has 2 rings (SSSR count). The number of urea groups is 1. The van der Waals surface area contributed by atoms with Gasteiger partial charge in [-0.25, -0.2) is 4.79 Å². The Labute approximate surface area is 130 Å². The number of hydrogen-bond acceptors (Lipinski definition) is 3. The average molecular weight is 303 g/mol. The van der Waals surface area contributed by atoms with Gasteiger partial charge in [-0.1, -0.05) is 26.0 Å². The second kappa shape index (κ2) is 6.60. The van der Waals surface area contributed by atoms with Gasteiger partial charge in [0.1, 0.15) is 13.1 Å². The molecule has 22 heavy (non-hydrogen) atoms. The maximum Gasteiger partial charge on any atom is 0.327 e. The molecule has 4 amide bonds. The molecule has 0 saturated carbocycles. The Balaban J connectivity index is 1.95. The summed E-state index contributed by atoms with van der Waals surface area (Å²) in [6.07, 6.45) is 1.05. The highest BCUT2D eigenvalue weighted by atomic mass is 16.2. The second-order valence-electron chi connectivity index (χ2n) is 5.60. The lowest BCUT2D eigenvalue weighted by Crippen LogP contribution is -2.38. The van der Waals surface area contributed by atoms with Crippen LogP contribution in [0, 0.1) is 0 Å². The average Bonchev–Trinajstić information content (AvgIpc) is 2.73. The minimum Gasteiger partial charge on any atom is -0.325 e. The number of nitrogens with one attached hydrogen (secondary N) is 1. The Morgan fingerprint density at radius 3 is 2.41 bits per heavy atom. The van der Waals surface area contributed by atoms with Crippen LogP contribution in [0.2, 0.25) is 0 Å². The first-order chi connectivity index (χ1) is 10.4. The molecule has 1 aromatic rings. The van der Waals surface area contributed by atoms with E-state index in [-0.39, 0.29) is 24.9 Å². The number of carbonyl (C=O) groups is 3. The van der Waals surface area contributed by atoms with E-state index in [0.717, 1.165) is 11.3 Å².